The summed E-state index contributed by atoms with van der Waals surface area (Å²) in [6.45, 7) is 0.388. The predicted molar refractivity (Wildman–Crippen MR) is 84.3 cm³/mol. The molecule has 3 rings (SSSR count). The number of aromatic amines is 1. The zero-order chi connectivity index (χ0) is 16.1. The number of halogens is 1. The van der Waals surface area contributed by atoms with Crippen LogP contribution in [0, 0.1) is 5.82 Å². The second-order valence-electron chi connectivity index (χ2n) is 4.99. The number of rotatable bonds is 5. The van der Waals surface area contributed by atoms with Crippen LogP contribution in [0.5, 0.6) is 0 Å². The summed E-state index contributed by atoms with van der Waals surface area (Å²) in [6.07, 6.45) is 0.515. The Labute approximate surface area is 132 Å². The number of amides is 1. The average molecular weight is 310 g/mol. The Kier molecular flexibility index (Phi) is 4.42. The molecule has 0 aliphatic heterocycles. The van der Waals surface area contributed by atoms with Crippen LogP contribution >= 0.6 is 0 Å². The van der Waals surface area contributed by atoms with Crippen molar-refractivity contribution in [3.63, 3.8) is 0 Å². The number of H-pyrrole nitrogens is 1. The number of hydrogen-bond acceptors (Lipinski definition) is 3. The van der Waals surface area contributed by atoms with Crippen molar-refractivity contribution in [1.29, 1.82) is 0 Å². The van der Waals surface area contributed by atoms with Crippen LogP contribution in [0.2, 0.25) is 0 Å². The van der Waals surface area contributed by atoms with Crippen molar-refractivity contribution in [2.24, 2.45) is 0 Å². The van der Waals surface area contributed by atoms with Gasteiger partial charge >= 0.3 is 0 Å². The van der Waals surface area contributed by atoms with E-state index < -0.39 is 5.82 Å². The summed E-state index contributed by atoms with van der Waals surface area (Å²) >= 11 is 0. The van der Waals surface area contributed by atoms with Crippen molar-refractivity contribution in [1.82, 2.24) is 20.5 Å². The van der Waals surface area contributed by atoms with Gasteiger partial charge in [-0.05, 0) is 18.2 Å². The summed E-state index contributed by atoms with van der Waals surface area (Å²) in [7, 11) is 0. The number of hydrogen-bond donors (Lipinski definition) is 2. The second-order valence-corrected chi connectivity index (χ2v) is 4.99. The molecule has 1 amide bonds. The number of carbonyl (C=O) groups is 1. The van der Waals surface area contributed by atoms with E-state index in [0.717, 1.165) is 5.56 Å². The number of carbonyl (C=O) groups excluding carboxylic acids is 1. The highest BCUT2D eigenvalue weighted by atomic mass is 19.1. The largest absolute Gasteiger partial charge is 0.352 e. The van der Waals surface area contributed by atoms with E-state index in [-0.39, 0.29) is 5.91 Å². The predicted octanol–water partition coefficient (Wildman–Crippen LogP) is 2.58. The molecule has 0 fully saturated rings. The van der Waals surface area contributed by atoms with Crippen LogP contribution in [0.4, 0.5) is 4.39 Å². The Hall–Kier alpha value is -3.02. The lowest BCUT2D eigenvalue weighted by molar-refractivity contribution is 0.0953. The van der Waals surface area contributed by atoms with E-state index in [4.69, 9.17) is 0 Å². The van der Waals surface area contributed by atoms with Crippen molar-refractivity contribution in [2.75, 3.05) is 6.54 Å². The van der Waals surface area contributed by atoms with Crippen molar-refractivity contribution in [3.8, 4) is 11.4 Å². The second kappa shape index (κ2) is 6.83. The van der Waals surface area contributed by atoms with Gasteiger partial charge in [0, 0.05) is 24.1 Å². The minimum Gasteiger partial charge on any atom is -0.352 e. The Balaban J connectivity index is 1.55. The van der Waals surface area contributed by atoms with E-state index in [1.165, 1.54) is 18.2 Å². The zero-order valence-electron chi connectivity index (χ0n) is 12.3. The van der Waals surface area contributed by atoms with Crippen LogP contribution in [-0.2, 0) is 6.42 Å². The summed E-state index contributed by atoms with van der Waals surface area (Å²) in [6, 6.07) is 15.2. The third kappa shape index (κ3) is 3.79. The molecule has 2 aromatic carbocycles. The lowest BCUT2D eigenvalue weighted by Gasteiger charge is -2.03. The Morgan fingerprint density at radius 3 is 2.74 bits per heavy atom. The highest BCUT2D eigenvalue weighted by Crippen LogP contribution is 2.13. The van der Waals surface area contributed by atoms with Gasteiger partial charge in [-0.2, -0.15) is 5.10 Å². The molecule has 0 saturated heterocycles. The minimum atomic E-state index is -0.430. The maximum atomic E-state index is 13.1. The molecule has 1 heterocycles. The average Bonchev–Trinajstić information content (AvgIpc) is 3.04. The third-order valence-electron chi connectivity index (χ3n) is 3.30. The lowest BCUT2D eigenvalue weighted by Crippen LogP contribution is -2.26. The molecule has 0 unspecified atom stereocenters. The van der Waals surface area contributed by atoms with E-state index in [1.807, 2.05) is 30.3 Å². The topological polar surface area (TPSA) is 70.7 Å². The summed E-state index contributed by atoms with van der Waals surface area (Å²) < 4.78 is 13.1. The maximum absolute atomic E-state index is 13.1. The maximum Gasteiger partial charge on any atom is 0.251 e. The fourth-order valence-electron chi connectivity index (χ4n) is 2.15. The first kappa shape index (κ1) is 14.9. The van der Waals surface area contributed by atoms with Crippen molar-refractivity contribution in [2.45, 2.75) is 6.42 Å². The first-order valence-corrected chi connectivity index (χ1v) is 7.23. The molecule has 2 N–H and O–H groups in total. The van der Waals surface area contributed by atoms with E-state index in [9.17, 15) is 9.18 Å². The number of benzene rings is 2. The molecular formula is C17H15FN4O. The van der Waals surface area contributed by atoms with E-state index >= 15 is 0 Å². The van der Waals surface area contributed by atoms with Gasteiger partial charge in [0.05, 0.1) is 0 Å². The zero-order valence-corrected chi connectivity index (χ0v) is 12.3. The van der Waals surface area contributed by atoms with Gasteiger partial charge in [-0.25, -0.2) is 9.37 Å². The Morgan fingerprint density at radius 1 is 1.13 bits per heavy atom. The van der Waals surface area contributed by atoms with Crippen LogP contribution in [0.3, 0.4) is 0 Å². The van der Waals surface area contributed by atoms with Gasteiger partial charge in [0.25, 0.3) is 5.91 Å². The molecule has 23 heavy (non-hydrogen) atoms. The van der Waals surface area contributed by atoms with Crippen molar-refractivity contribution >= 4 is 5.91 Å². The Morgan fingerprint density at radius 2 is 1.96 bits per heavy atom. The van der Waals surface area contributed by atoms with Gasteiger partial charge in [-0.3, -0.25) is 9.89 Å². The fourth-order valence-corrected chi connectivity index (χ4v) is 2.15. The number of nitrogens with zero attached hydrogens (tertiary/aromatic N) is 2. The molecule has 5 nitrogen and oxygen atoms in total. The monoisotopic (exact) mass is 310 g/mol. The summed E-state index contributed by atoms with van der Waals surface area (Å²) in [5.41, 5.74) is 1.23. The summed E-state index contributed by atoms with van der Waals surface area (Å²) in [4.78, 5) is 16.3. The Bertz CT molecular complexity index is 801. The van der Waals surface area contributed by atoms with Crippen LogP contribution in [0.15, 0.2) is 54.6 Å². The van der Waals surface area contributed by atoms with Gasteiger partial charge in [0.2, 0.25) is 0 Å². The minimum absolute atomic E-state index is 0.299. The van der Waals surface area contributed by atoms with Gasteiger partial charge in [0.1, 0.15) is 11.6 Å². The normalized spacial score (nSPS) is 10.5. The first-order chi connectivity index (χ1) is 11.2. The molecule has 0 spiro atoms. The smallest absolute Gasteiger partial charge is 0.251 e. The van der Waals surface area contributed by atoms with E-state index in [0.29, 0.717) is 30.2 Å². The third-order valence-corrected chi connectivity index (χ3v) is 3.30. The molecule has 6 heteroatoms. The highest BCUT2D eigenvalue weighted by molar-refractivity contribution is 5.94. The van der Waals surface area contributed by atoms with Gasteiger partial charge in [-0.1, -0.05) is 36.4 Å². The standard InChI is InChI=1S/C17H15FN4O/c18-14-8-4-7-13(11-14)17(23)19-10-9-15-20-16(22-21-15)12-5-2-1-3-6-12/h1-8,11H,9-10H2,(H,19,23)(H,20,21,22). The van der Waals surface area contributed by atoms with Gasteiger partial charge in [0.15, 0.2) is 5.82 Å². The molecule has 0 aliphatic rings. The summed E-state index contributed by atoms with van der Waals surface area (Å²) in [5, 5.41) is 9.74. The molecule has 3 aromatic rings. The van der Waals surface area contributed by atoms with Crippen LogP contribution < -0.4 is 5.32 Å². The molecular weight excluding hydrogens is 295 g/mol. The molecule has 0 radical (unpaired) electrons. The van der Waals surface area contributed by atoms with Crippen molar-refractivity contribution < 1.29 is 9.18 Å². The van der Waals surface area contributed by atoms with Crippen LogP contribution in [-0.4, -0.2) is 27.6 Å². The van der Waals surface area contributed by atoms with Crippen LogP contribution in [0.1, 0.15) is 16.2 Å². The molecule has 0 saturated carbocycles. The molecule has 0 aliphatic carbocycles. The molecule has 116 valence electrons. The van der Waals surface area contributed by atoms with Gasteiger partial charge < -0.3 is 5.32 Å². The molecule has 0 atom stereocenters. The molecule has 0 bridgehead atoms. The fraction of sp³-hybridized carbons (Fsp3) is 0.118. The highest BCUT2D eigenvalue weighted by Gasteiger charge is 2.08. The van der Waals surface area contributed by atoms with Gasteiger partial charge in [-0.15, -0.1) is 0 Å². The number of aromatic nitrogens is 3. The van der Waals surface area contributed by atoms with E-state index in [2.05, 4.69) is 20.5 Å². The van der Waals surface area contributed by atoms with Crippen LogP contribution in [0.25, 0.3) is 11.4 Å². The quantitative estimate of drug-likeness (QED) is 0.761. The number of nitrogens with one attached hydrogen (secondary N) is 2. The molecule has 1 aromatic heterocycles. The first-order valence-electron chi connectivity index (χ1n) is 7.23. The lowest BCUT2D eigenvalue weighted by atomic mass is 10.2. The SMILES string of the molecule is O=C(NCCc1nc(-c2ccccc2)n[nH]1)c1cccc(F)c1. The van der Waals surface area contributed by atoms with E-state index in [1.54, 1.807) is 6.07 Å². The summed E-state index contributed by atoms with van der Waals surface area (Å²) in [5.74, 6) is 0.563. The van der Waals surface area contributed by atoms with Crippen molar-refractivity contribution in [3.05, 3.63) is 71.8 Å².